The molecule has 17 heavy (non-hydrogen) atoms. The highest BCUT2D eigenvalue weighted by Crippen LogP contribution is 2.10. The minimum Gasteiger partial charge on any atom is -0.340 e. The third kappa shape index (κ3) is 8.44. The van der Waals surface area contributed by atoms with Crippen molar-refractivity contribution in [2.75, 3.05) is 13.1 Å². The molecule has 1 amide bonds. The summed E-state index contributed by atoms with van der Waals surface area (Å²) in [6.07, 6.45) is 6.21. The summed E-state index contributed by atoms with van der Waals surface area (Å²) >= 11 is 0. The number of hydrogen-bond acceptors (Lipinski definition) is 2. The van der Waals surface area contributed by atoms with E-state index in [9.17, 15) is 4.79 Å². The molecule has 0 saturated carbocycles. The molecule has 1 atom stereocenters. The van der Waals surface area contributed by atoms with Crippen molar-refractivity contribution >= 4 is 18.3 Å². The zero-order valence-corrected chi connectivity index (χ0v) is 12.4. The summed E-state index contributed by atoms with van der Waals surface area (Å²) in [7, 11) is 0. The molecule has 0 heterocycles. The lowest BCUT2D eigenvalue weighted by atomic mass is 10.1. The Kier molecular flexibility index (Phi) is 13.7. The van der Waals surface area contributed by atoms with Gasteiger partial charge in [0.15, 0.2) is 0 Å². The number of nitrogens with zero attached hydrogens (tertiary/aromatic N) is 1. The van der Waals surface area contributed by atoms with Crippen molar-refractivity contribution in [2.45, 2.75) is 65.3 Å². The van der Waals surface area contributed by atoms with Crippen LogP contribution in [0.25, 0.3) is 0 Å². The van der Waals surface area contributed by atoms with Gasteiger partial charge in [-0.05, 0) is 19.8 Å². The van der Waals surface area contributed by atoms with Crippen LogP contribution in [0.4, 0.5) is 0 Å². The minimum absolute atomic E-state index is 0. The molecule has 0 bridgehead atoms. The molecular weight excluding hydrogens is 236 g/mol. The first-order chi connectivity index (χ1) is 7.67. The van der Waals surface area contributed by atoms with E-state index in [4.69, 9.17) is 5.73 Å². The van der Waals surface area contributed by atoms with Crippen LogP contribution in [0, 0.1) is 0 Å². The van der Waals surface area contributed by atoms with E-state index in [1.807, 2.05) is 4.90 Å². The highest BCUT2D eigenvalue weighted by atomic mass is 35.5. The second-order valence-corrected chi connectivity index (χ2v) is 4.47. The average Bonchev–Trinajstić information content (AvgIpc) is 2.25. The summed E-state index contributed by atoms with van der Waals surface area (Å²) in [4.78, 5) is 13.9. The molecule has 0 fully saturated rings. The summed E-state index contributed by atoms with van der Waals surface area (Å²) in [5.41, 5.74) is 5.45. The molecule has 0 aliphatic rings. The maximum absolute atomic E-state index is 11.9. The Labute approximate surface area is 113 Å². The van der Waals surface area contributed by atoms with Gasteiger partial charge in [-0.2, -0.15) is 0 Å². The normalized spacial score (nSPS) is 11.8. The van der Waals surface area contributed by atoms with Gasteiger partial charge in [0, 0.05) is 25.6 Å². The molecule has 0 aliphatic carbocycles. The predicted octanol–water partition coefficient (Wildman–Crippen LogP) is 2.96. The molecule has 0 radical (unpaired) electrons. The molecular formula is C13H29ClN2O. The Morgan fingerprint density at radius 1 is 1.24 bits per heavy atom. The van der Waals surface area contributed by atoms with Crippen LogP contribution in [0.15, 0.2) is 0 Å². The summed E-state index contributed by atoms with van der Waals surface area (Å²) in [5.74, 6) is 0.222. The van der Waals surface area contributed by atoms with E-state index in [-0.39, 0.29) is 18.3 Å². The van der Waals surface area contributed by atoms with Gasteiger partial charge in [0.25, 0.3) is 0 Å². The molecule has 1 unspecified atom stereocenters. The summed E-state index contributed by atoms with van der Waals surface area (Å²) in [6.45, 7) is 7.84. The standard InChI is InChI=1S/C13H28N2O.ClH/c1-4-6-7-11-15(12(3)8-5-2)13(16)9-10-14;/h12H,4-11,14H2,1-3H3;1H. The summed E-state index contributed by atoms with van der Waals surface area (Å²) < 4.78 is 0. The SMILES string of the molecule is CCCCCN(C(=O)CCN)C(C)CCC.Cl. The van der Waals surface area contributed by atoms with Crippen LogP contribution in [0.2, 0.25) is 0 Å². The zero-order valence-electron chi connectivity index (χ0n) is 11.6. The topological polar surface area (TPSA) is 46.3 Å². The number of unbranched alkanes of at least 4 members (excludes halogenated alkanes) is 2. The van der Waals surface area contributed by atoms with Crippen LogP contribution < -0.4 is 5.73 Å². The van der Waals surface area contributed by atoms with Crippen LogP contribution >= 0.6 is 12.4 Å². The van der Waals surface area contributed by atoms with Crippen molar-refractivity contribution in [1.29, 1.82) is 0 Å². The fourth-order valence-corrected chi connectivity index (χ4v) is 1.96. The number of carbonyl (C=O) groups is 1. The lowest BCUT2D eigenvalue weighted by Gasteiger charge is -2.29. The van der Waals surface area contributed by atoms with Gasteiger partial charge in [0.2, 0.25) is 5.91 Å². The van der Waals surface area contributed by atoms with E-state index in [0.29, 0.717) is 19.0 Å². The minimum atomic E-state index is 0. The van der Waals surface area contributed by atoms with Crippen molar-refractivity contribution < 1.29 is 4.79 Å². The van der Waals surface area contributed by atoms with Gasteiger partial charge < -0.3 is 10.6 Å². The Morgan fingerprint density at radius 3 is 2.35 bits per heavy atom. The number of carbonyl (C=O) groups excluding carboxylic acids is 1. The van der Waals surface area contributed by atoms with E-state index >= 15 is 0 Å². The second kappa shape index (κ2) is 12.2. The Balaban J connectivity index is 0. The Hall–Kier alpha value is -0.280. The van der Waals surface area contributed by atoms with Crippen molar-refractivity contribution in [3.8, 4) is 0 Å². The maximum Gasteiger partial charge on any atom is 0.224 e. The van der Waals surface area contributed by atoms with Gasteiger partial charge in [-0.3, -0.25) is 4.79 Å². The summed E-state index contributed by atoms with van der Waals surface area (Å²) in [6, 6.07) is 0.362. The first kappa shape index (κ1) is 19.1. The van der Waals surface area contributed by atoms with Gasteiger partial charge in [0.1, 0.15) is 0 Å². The molecule has 0 rings (SSSR count). The van der Waals surface area contributed by atoms with E-state index in [1.54, 1.807) is 0 Å². The average molecular weight is 265 g/mol. The van der Waals surface area contributed by atoms with Gasteiger partial charge in [-0.25, -0.2) is 0 Å². The highest BCUT2D eigenvalue weighted by Gasteiger charge is 2.17. The monoisotopic (exact) mass is 264 g/mol. The molecule has 2 N–H and O–H groups in total. The van der Waals surface area contributed by atoms with Gasteiger partial charge in [-0.15, -0.1) is 12.4 Å². The van der Waals surface area contributed by atoms with Crippen LogP contribution in [0.3, 0.4) is 0 Å². The largest absolute Gasteiger partial charge is 0.340 e. The van der Waals surface area contributed by atoms with Crippen molar-refractivity contribution in [3.63, 3.8) is 0 Å². The lowest BCUT2D eigenvalue weighted by molar-refractivity contribution is -0.133. The van der Waals surface area contributed by atoms with Crippen LogP contribution in [0.5, 0.6) is 0 Å². The first-order valence-corrected chi connectivity index (χ1v) is 6.66. The molecule has 3 nitrogen and oxygen atoms in total. The van der Waals surface area contributed by atoms with Gasteiger partial charge >= 0.3 is 0 Å². The van der Waals surface area contributed by atoms with Crippen LogP contribution in [-0.2, 0) is 4.79 Å². The summed E-state index contributed by atoms with van der Waals surface area (Å²) in [5, 5.41) is 0. The van der Waals surface area contributed by atoms with Gasteiger partial charge in [-0.1, -0.05) is 33.1 Å². The van der Waals surface area contributed by atoms with E-state index in [1.165, 1.54) is 12.8 Å². The van der Waals surface area contributed by atoms with E-state index in [0.717, 1.165) is 25.8 Å². The predicted molar refractivity (Wildman–Crippen MR) is 76.5 cm³/mol. The fraction of sp³-hybridized carbons (Fsp3) is 0.923. The molecule has 0 aliphatic heterocycles. The first-order valence-electron chi connectivity index (χ1n) is 6.66. The maximum atomic E-state index is 11.9. The van der Waals surface area contributed by atoms with Crippen LogP contribution in [0.1, 0.15) is 59.3 Å². The molecule has 0 aromatic heterocycles. The molecule has 0 saturated heterocycles. The van der Waals surface area contributed by atoms with Crippen molar-refractivity contribution in [2.24, 2.45) is 5.73 Å². The molecule has 4 heteroatoms. The van der Waals surface area contributed by atoms with Crippen LogP contribution in [-0.4, -0.2) is 29.9 Å². The molecule has 0 aromatic rings. The zero-order chi connectivity index (χ0) is 12.4. The number of rotatable bonds is 9. The second-order valence-electron chi connectivity index (χ2n) is 4.47. The molecule has 0 spiro atoms. The van der Waals surface area contributed by atoms with E-state index < -0.39 is 0 Å². The number of amides is 1. The number of nitrogens with two attached hydrogens (primary N) is 1. The Morgan fingerprint density at radius 2 is 1.88 bits per heavy atom. The fourth-order valence-electron chi connectivity index (χ4n) is 1.96. The molecule has 104 valence electrons. The highest BCUT2D eigenvalue weighted by molar-refractivity contribution is 5.85. The quantitative estimate of drug-likeness (QED) is 0.651. The smallest absolute Gasteiger partial charge is 0.224 e. The third-order valence-corrected chi connectivity index (χ3v) is 2.92. The van der Waals surface area contributed by atoms with E-state index in [2.05, 4.69) is 20.8 Å². The lowest BCUT2D eigenvalue weighted by Crippen LogP contribution is -2.40. The van der Waals surface area contributed by atoms with Gasteiger partial charge in [0.05, 0.1) is 0 Å². The molecule has 0 aromatic carbocycles. The third-order valence-electron chi connectivity index (χ3n) is 2.92. The Bertz CT molecular complexity index is 188. The number of halogens is 1. The van der Waals surface area contributed by atoms with Crippen molar-refractivity contribution in [3.05, 3.63) is 0 Å². The number of hydrogen-bond donors (Lipinski definition) is 1. The van der Waals surface area contributed by atoms with Crippen molar-refractivity contribution in [1.82, 2.24) is 4.90 Å².